The molecule has 0 spiro atoms. The molecular weight excluding hydrogens is 384 g/mol. The fraction of sp³-hybridized carbons (Fsp3) is 0.304. The summed E-state index contributed by atoms with van der Waals surface area (Å²) >= 11 is 0. The summed E-state index contributed by atoms with van der Waals surface area (Å²) in [6.45, 7) is 0. The summed E-state index contributed by atoms with van der Waals surface area (Å²) < 4.78 is 5.73. The molecule has 30 heavy (non-hydrogen) atoms. The van der Waals surface area contributed by atoms with Crippen molar-refractivity contribution in [3.8, 4) is 11.3 Å². The van der Waals surface area contributed by atoms with Crippen LogP contribution >= 0.6 is 0 Å². The van der Waals surface area contributed by atoms with E-state index in [4.69, 9.17) is 9.52 Å². The summed E-state index contributed by atoms with van der Waals surface area (Å²) in [6.07, 6.45) is 6.75. The molecule has 5 aliphatic rings. The van der Waals surface area contributed by atoms with Crippen molar-refractivity contribution in [1.29, 1.82) is 0 Å². The summed E-state index contributed by atoms with van der Waals surface area (Å²) in [7, 11) is 0. The normalized spacial score (nSPS) is 33.3. The average Bonchev–Trinajstić information content (AvgIpc) is 3.39. The molecule has 7 nitrogen and oxygen atoms in total. The molecule has 7 rings (SSSR count). The first-order valence-electron chi connectivity index (χ1n) is 10.1. The topological polar surface area (TPSA) is 100 Å². The lowest BCUT2D eigenvalue weighted by Gasteiger charge is -2.37. The van der Waals surface area contributed by atoms with Crippen LogP contribution in [0.5, 0.6) is 0 Å². The van der Waals surface area contributed by atoms with Crippen LogP contribution in [0.1, 0.15) is 22.5 Å². The Morgan fingerprint density at radius 3 is 2.43 bits per heavy atom. The van der Waals surface area contributed by atoms with Gasteiger partial charge in [0.2, 0.25) is 0 Å². The number of allylic oxidation sites excluding steroid dienone is 2. The Balaban J connectivity index is 1.24. The second-order valence-corrected chi connectivity index (χ2v) is 8.48. The molecule has 3 fully saturated rings. The van der Waals surface area contributed by atoms with Gasteiger partial charge in [-0.3, -0.25) is 9.59 Å². The number of imide groups is 1. The molecule has 1 saturated heterocycles. The van der Waals surface area contributed by atoms with Crippen LogP contribution in [-0.2, 0) is 9.59 Å². The van der Waals surface area contributed by atoms with Gasteiger partial charge < -0.3 is 9.52 Å². The second-order valence-electron chi connectivity index (χ2n) is 8.48. The zero-order chi connectivity index (χ0) is 20.6. The molecule has 2 amide bonds. The molecular formula is C23H18N2O5. The fourth-order valence-electron chi connectivity index (χ4n) is 5.55. The van der Waals surface area contributed by atoms with Gasteiger partial charge in [0.1, 0.15) is 11.5 Å². The number of hydrogen-bond donors (Lipinski definition) is 1. The van der Waals surface area contributed by atoms with Crippen LogP contribution in [0.4, 0.5) is 0 Å². The number of aromatic carboxylic acids is 1. The van der Waals surface area contributed by atoms with E-state index in [1.54, 1.807) is 24.3 Å². The first kappa shape index (κ1) is 17.4. The number of hydrazone groups is 1. The summed E-state index contributed by atoms with van der Waals surface area (Å²) in [6, 6.07) is 9.80. The summed E-state index contributed by atoms with van der Waals surface area (Å²) in [5, 5.41) is 14.3. The minimum absolute atomic E-state index is 0.163. The van der Waals surface area contributed by atoms with Crippen LogP contribution in [0.3, 0.4) is 0 Å². The lowest BCUT2D eigenvalue weighted by atomic mass is 9.63. The Labute approximate surface area is 171 Å². The summed E-state index contributed by atoms with van der Waals surface area (Å²) in [5.74, 6) is 0.292. The minimum atomic E-state index is -1.01. The summed E-state index contributed by atoms with van der Waals surface area (Å²) in [5.41, 5.74) is 0.784. The molecule has 150 valence electrons. The van der Waals surface area contributed by atoms with Gasteiger partial charge in [-0.15, -0.1) is 0 Å². The number of hydrogen-bond acceptors (Lipinski definition) is 5. The molecule has 1 aromatic heterocycles. The van der Waals surface area contributed by atoms with Crippen LogP contribution < -0.4 is 0 Å². The number of benzene rings is 1. The smallest absolute Gasteiger partial charge is 0.335 e. The molecule has 1 aliphatic heterocycles. The van der Waals surface area contributed by atoms with E-state index in [1.807, 2.05) is 0 Å². The van der Waals surface area contributed by atoms with E-state index in [0.717, 1.165) is 11.4 Å². The Bertz CT molecular complexity index is 1130. The predicted molar refractivity (Wildman–Crippen MR) is 105 cm³/mol. The number of amides is 2. The molecule has 0 unspecified atom stereocenters. The van der Waals surface area contributed by atoms with Crippen molar-refractivity contribution in [3.63, 3.8) is 0 Å². The molecule has 2 bridgehead atoms. The van der Waals surface area contributed by atoms with Crippen molar-refractivity contribution < 1.29 is 23.9 Å². The first-order valence-corrected chi connectivity index (χ1v) is 10.1. The van der Waals surface area contributed by atoms with Gasteiger partial charge in [0.25, 0.3) is 11.8 Å². The molecule has 6 atom stereocenters. The monoisotopic (exact) mass is 402 g/mol. The van der Waals surface area contributed by atoms with Gasteiger partial charge in [-0.25, -0.2) is 4.79 Å². The number of carbonyl (C=O) groups excluding carboxylic acids is 2. The van der Waals surface area contributed by atoms with E-state index >= 15 is 0 Å². The van der Waals surface area contributed by atoms with Gasteiger partial charge in [-0.1, -0.05) is 24.3 Å². The third kappa shape index (κ3) is 2.38. The highest BCUT2D eigenvalue weighted by molar-refractivity contribution is 6.06. The van der Waals surface area contributed by atoms with Crippen molar-refractivity contribution in [3.05, 3.63) is 59.9 Å². The minimum Gasteiger partial charge on any atom is -0.478 e. The Kier molecular flexibility index (Phi) is 3.48. The van der Waals surface area contributed by atoms with E-state index < -0.39 is 5.97 Å². The molecule has 1 N–H and O–H groups in total. The third-order valence-corrected chi connectivity index (χ3v) is 6.96. The maximum Gasteiger partial charge on any atom is 0.335 e. The highest BCUT2D eigenvalue weighted by Gasteiger charge is 2.67. The first-order chi connectivity index (χ1) is 14.5. The van der Waals surface area contributed by atoms with Crippen LogP contribution in [-0.4, -0.2) is 34.1 Å². The third-order valence-electron chi connectivity index (χ3n) is 6.96. The molecule has 2 saturated carbocycles. The van der Waals surface area contributed by atoms with Crippen LogP contribution in [0, 0.1) is 35.5 Å². The number of carbonyl (C=O) groups is 3. The lowest BCUT2D eigenvalue weighted by Crippen LogP contribution is -2.40. The Morgan fingerprint density at radius 1 is 1.07 bits per heavy atom. The van der Waals surface area contributed by atoms with E-state index in [9.17, 15) is 14.4 Å². The SMILES string of the molecule is O=C(O)c1cccc(-c2ccc(/C=N\N3C(=O)[C@@H]4[C@H]5C=C[C@@H]([C@@H]6C[C@H]56)[C@H]4C3=O)o2)c1. The van der Waals surface area contributed by atoms with Gasteiger partial charge in [-0.05, 0) is 54.4 Å². The van der Waals surface area contributed by atoms with E-state index in [1.165, 1.54) is 18.3 Å². The highest BCUT2D eigenvalue weighted by Crippen LogP contribution is 2.65. The zero-order valence-electron chi connectivity index (χ0n) is 15.8. The molecule has 4 aliphatic carbocycles. The van der Waals surface area contributed by atoms with E-state index in [-0.39, 0.29) is 41.0 Å². The Hall–Kier alpha value is -3.48. The van der Waals surface area contributed by atoms with Gasteiger partial charge >= 0.3 is 5.97 Å². The van der Waals surface area contributed by atoms with Crippen molar-refractivity contribution in [2.24, 2.45) is 40.6 Å². The molecule has 7 heteroatoms. The zero-order valence-corrected chi connectivity index (χ0v) is 15.8. The van der Waals surface area contributed by atoms with Crippen molar-refractivity contribution in [1.82, 2.24) is 5.01 Å². The lowest BCUT2D eigenvalue weighted by molar-refractivity contribution is -0.140. The largest absolute Gasteiger partial charge is 0.478 e. The van der Waals surface area contributed by atoms with Crippen LogP contribution in [0.2, 0.25) is 0 Å². The van der Waals surface area contributed by atoms with Gasteiger partial charge in [0.05, 0.1) is 23.6 Å². The van der Waals surface area contributed by atoms with Gasteiger partial charge in [0, 0.05) is 5.56 Å². The average molecular weight is 402 g/mol. The van der Waals surface area contributed by atoms with E-state index in [0.29, 0.717) is 28.9 Å². The van der Waals surface area contributed by atoms with Crippen LogP contribution in [0.25, 0.3) is 11.3 Å². The van der Waals surface area contributed by atoms with Crippen molar-refractivity contribution >= 4 is 24.0 Å². The predicted octanol–water partition coefficient (Wildman–Crippen LogP) is 3.03. The maximum absolute atomic E-state index is 12.9. The molecule has 2 heterocycles. The number of carboxylic acids is 1. The van der Waals surface area contributed by atoms with Crippen LogP contribution in [0.15, 0.2) is 58.1 Å². The number of carboxylic acid groups (broad SMARTS) is 1. The second kappa shape index (κ2) is 6.01. The highest BCUT2D eigenvalue weighted by atomic mass is 16.4. The molecule has 2 aromatic rings. The Morgan fingerprint density at radius 2 is 1.77 bits per heavy atom. The fourth-order valence-corrected chi connectivity index (χ4v) is 5.55. The standard InChI is InChI=1S/C23H18N2O5/c26-21-19-14-5-6-15(17-9-16(14)17)20(19)22(27)25(21)24-10-13-4-7-18(30-13)11-2-1-3-12(8-11)23(28)29/h1-8,10,14-17,19-20H,9H2,(H,28,29)/b24-10-/t14-,15-,16-,17+,19+,20+/m0/s1. The van der Waals surface area contributed by atoms with E-state index in [2.05, 4.69) is 17.3 Å². The molecule has 0 radical (unpaired) electrons. The molecule has 1 aromatic carbocycles. The number of rotatable bonds is 4. The number of furan rings is 1. The van der Waals surface area contributed by atoms with Gasteiger partial charge in [0.15, 0.2) is 0 Å². The number of nitrogens with zero attached hydrogens (tertiary/aromatic N) is 2. The maximum atomic E-state index is 12.9. The van der Waals surface area contributed by atoms with Crippen molar-refractivity contribution in [2.45, 2.75) is 6.42 Å². The quantitative estimate of drug-likeness (QED) is 0.481. The van der Waals surface area contributed by atoms with Crippen molar-refractivity contribution in [2.75, 3.05) is 0 Å². The summed E-state index contributed by atoms with van der Waals surface area (Å²) in [4.78, 5) is 37.0. The van der Waals surface area contributed by atoms with Gasteiger partial charge in [-0.2, -0.15) is 10.1 Å².